The normalized spacial score (nSPS) is 12.3. The van der Waals surface area contributed by atoms with Crippen LogP contribution in [0.3, 0.4) is 0 Å². The van der Waals surface area contributed by atoms with Crippen LogP contribution < -0.4 is 0 Å². The maximum Gasteiger partial charge on any atom is 0.338 e. The summed E-state index contributed by atoms with van der Waals surface area (Å²) in [6, 6.07) is 36.9. The molecule has 4 rings (SSSR count). The highest BCUT2D eigenvalue weighted by molar-refractivity contribution is 5.90. The van der Waals surface area contributed by atoms with Gasteiger partial charge >= 0.3 is 11.9 Å². The molecule has 0 saturated carbocycles. The van der Waals surface area contributed by atoms with Crippen LogP contribution in [0, 0.1) is 5.41 Å². The number of aliphatic hydroxyl groups excluding tert-OH is 2. The predicted molar refractivity (Wildman–Crippen MR) is 150 cm³/mol. The van der Waals surface area contributed by atoms with Crippen molar-refractivity contribution in [3.05, 3.63) is 144 Å². The monoisotopic (exact) mass is 526 g/mol. The molecule has 0 aliphatic rings. The van der Waals surface area contributed by atoms with Crippen molar-refractivity contribution in [2.45, 2.75) is 26.1 Å². The Morgan fingerprint density at radius 2 is 0.846 bits per heavy atom. The summed E-state index contributed by atoms with van der Waals surface area (Å²) in [6.45, 7) is 3.66. The number of hydrogen-bond acceptors (Lipinski definition) is 6. The lowest BCUT2D eigenvalue weighted by molar-refractivity contribution is -0.0759. The number of rotatable bonds is 9. The van der Waals surface area contributed by atoms with Crippen LogP contribution in [-0.4, -0.2) is 35.4 Å². The van der Waals surface area contributed by atoms with Crippen LogP contribution in [0.15, 0.2) is 121 Å². The number of esters is 2. The summed E-state index contributed by atoms with van der Waals surface area (Å²) < 4.78 is 12.3. The van der Waals surface area contributed by atoms with E-state index in [1.54, 1.807) is 48.5 Å². The van der Waals surface area contributed by atoms with Gasteiger partial charge in [0, 0.05) is 5.41 Å². The van der Waals surface area contributed by atoms with Crippen molar-refractivity contribution in [2.75, 3.05) is 13.2 Å². The summed E-state index contributed by atoms with van der Waals surface area (Å²) in [4.78, 5) is 26.3. The summed E-state index contributed by atoms with van der Waals surface area (Å²) in [5, 5.41) is 15.2. The number of carbonyl (C=O) groups is 2. The molecule has 0 fully saturated rings. The van der Waals surface area contributed by atoms with Crippen molar-refractivity contribution < 1.29 is 29.3 Å². The highest BCUT2D eigenvalue weighted by atomic mass is 16.6. The third kappa shape index (κ3) is 8.11. The molecule has 4 aromatic rings. The lowest BCUT2D eigenvalue weighted by atomic mass is 9.75. The summed E-state index contributed by atoms with van der Waals surface area (Å²) in [6.07, 6.45) is -1.38. The maximum absolute atomic E-state index is 13.1. The van der Waals surface area contributed by atoms with E-state index in [1.165, 1.54) is 0 Å². The Balaban J connectivity index is 0.000000983. The average Bonchev–Trinajstić information content (AvgIpc) is 3.00. The number of aliphatic hydroxyl groups is 2. The molecule has 0 radical (unpaired) electrons. The van der Waals surface area contributed by atoms with Gasteiger partial charge in [-0.05, 0) is 35.4 Å². The molecule has 6 nitrogen and oxygen atoms in total. The van der Waals surface area contributed by atoms with Crippen molar-refractivity contribution in [3.8, 4) is 0 Å². The van der Waals surface area contributed by atoms with Gasteiger partial charge in [-0.1, -0.05) is 111 Å². The van der Waals surface area contributed by atoms with E-state index in [0.29, 0.717) is 11.1 Å². The minimum Gasteiger partial charge on any atom is -0.453 e. The molecule has 6 heteroatoms. The molecule has 0 aliphatic carbocycles. The largest absolute Gasteiger partial charge is 0.453 e. The number of benzene rings is 4. The first-order chi connectivity index (χ1) is 18.9. The molecule has 0 heterocycles. The Morgan fingerprint density at radius 3 is 1.13 bits per heavy atom. The summed E-state index contributed by atoms with van der Waals surface area (Å²) >= 11 is 0. The van der Waals surface area contributed by atoms with Crippen LogP contribution >= 0.6 is 0 Å². The van der Waals surface area contributed by atoms with Crippen molar-refractivity contribution in [1.29, 1.82) is 0 Å². The minimum absolute atomic E-state index is 0.125. The van der Waals surface area contributed by atoms with Crippen molar-refractivity contribution in [2.24, 2.45) is 5.41 Å². The van der Waals surface area contributed by atoms with E-state index in [0.717, 1.165) is 11.1 Å². The van der Waals surface area contributed by atoms with Gasteiger partial charge in [-0.2, -0.15) is 0 Å². The van der Waals surface area contributed by atoms with E-state index in [4.69, 9.17) is 19.7 Å². The molecule has 0 aliphatic heterocycles. The molecule has 0 bridgehead atoms. The standard InChI is InChI=1S/C31H28O4.C2H6O2/c1-31(2,27(23-15-7-3-8-16-23)34-29(32)25-19-11-5-12-20-25)28(24-17-9-4-10-18-24)35-30(33)26-21-13-6-14-22-26;3-1-2-4/h3-22,27-28H,1-2H3;3-4H,1-2H2. The second-order valence-electron chi connectivity index (χ2n) is 9.39. The van der Waals surface area contributed by atoms with Gasteiger partial charge in [0.2, 0.25) is 0 Å². The number of ether oxygens (including phenoxy) is 2. The van der Waals surface area contributed by atoms with Gasteiger partial charge in [0.1, 0.15) is 12.2 Å². The lowest BCUT2D eigenvalue weighted by Gasteiger charge is -2.40. The van der Waals surface area contributed by atoms with Crippen LogP contribution in [0.5, 0.6) is 0 Å². The zero-order chi connectivity index (χ0) is 28.1. The van der Waals surface area contributed by atoms with Gasteiger partial charge in [-0.25, -0.2) is 9.59 Å². The average molecular weight is 527 g/mol. The molecule has 202 valence electrons. The summed E-state index contributed by atoms with van der Waals surface area (Å²) in [5.74, 6) is -0.873. The van der Waals surface area contributed by atoms with E-state index < -0.39 is 29.6 Å². The lowest BCUT2D eigenvalue weighted by Crippen LogP contribution is -2.35. The third-order valence-corrected chi connectivity index (χ3v) is 6.12. The Bertz CT molecular complexity index is 1170. The van der Waals surface area contributed by atoms with Crippen LogP contribution in [0.2, 0.25) is 0 Å². The molecule has 0 saturated heterocycles. The second-order valence-corrected chi connectivity index (χ2v) is 9.39. The van der Waals surface area contributed by atoms with Crippen LogP contribution in [0.4, 0.5) is 0 Å². The van der Waals surface area contributed by atoms with E-state index in [2.05, 4.69) is 0 Å². The molecule has 0 aromatic heterocycles. The van der Waals surface area contributed by atoms with Gasteiger partial charge in [0.05, 0.1) is 24.3 Å². The zero-order valence-corrected chi connectivity index (χ0v) is 22.1. The molecule has 39 heavy (non-hydrogen) atoms. The first kappa shape index (κ1) is 29.3. The van der Waals surface area contributed by atoms with Gasteiger partial charge in [0.15, 0.2) is 0 Å². The van der Waals surface area contributed by atoms with Crippen molar-refractivity contribution >= 4 is 11.9 Å². The highest BCUT2D eigenvalue weighted by Crippen LogP contribution is 2.48. The van der Waals surface area contributed by atoms with E-state index in [9.17, 15) is 9.59 Å². The van der Waals surface area contributed by atoms with Crippen molar-refractivity contribution in [3.63, 3.8) is 0 Å². The topological polar surface area (TPSA) is 93.1 Å². The zero-order valence-electron chi connectivity index (χ0n) is 22.1. The quantitative estimate of drug-likeness (QED) is 0.253. The van der Waals surface area contributed by atoms with Gasteiger partial charge in [0.25, 0.3) is 0 Å². The maximum atomic E-state index is 13.1. The van der Waals surface area contributed by atoms with Crippen molar-refractivity contribution in [1.82, 2.24) is 0 Å². The second kappa shape index (κ2) is 14.6. The van der Waals surface area contributed by atoms with E-state index in [-0.39, 0.29) is 13.2 Å². The molecule has 2 unspecified atom stereocenters. The summed E-state index contributed by atoms with van der Waals surface area (Å²) in [5.41, 5.74) is 1.73. The van der Waals surface area contributed by atoms with Gasteiger partial charge in [-0.15, -0.1) is 0 Å². The number of hydrogen-bond donors (Lipinski definition) is 2. The molecule has 0 amide bonds. The SMILES string of the molecule is CC(C)(C(OC(=O)c1ccccc1)c1ccccc1)C(OC(=O)c1ccccc1)c1ccccc1.OCCO. The van der Waals surface area contributed by atoms with E-state index >= 15 is 0 Å². The van der Waals surface area contributed by atoms with Gasteiger partial charge in [-0.3, -0.25) is 0 Å². The minimum atomic E-state index is -0.822. The smallest absolute Gasteiger partial charge is 0.338 e. The highest BCUT2D eigenvalue weighted by Gasteiger charge is 2.44. The molecular formula is C33H34O6. The Hall–Kier alpha value is -4.26. The van der Waals surface area contributed by atoms with E-state index in [1.807, 2.05) is 86.6 Å². The number of carbonyl (C=O) groups excluding carboxylic acids is 2. The summed E-state index contributed by atoms with van der Waals surface area (Å²) in [7, 11) is 0. The van der Waals surface area contributed by atoms with Crippen LogP contribution in [-0.2, 0) is 9.47 Å². The van der Waals surface area contributed by atoms with Crippen LogP contribution in [0.1, 0.15) is 57.9 Å². The molecule has 2 atom stereocenters. The molecular weight excluding hydrogens is 492 g/mol. The Morgan fingerprint density at radius 1 is 0.564 bits per heavy atom. The Labute approximate surface area is 229 Å². The molecule has 0 spiro atoms. The molecule has 2 N–H and O–H groups in total. The first-order valence-corrected chi connectivity index (χ1v) is 12.7. The fourth-order valence-corrected chi connectivity index (χ4v) is 4.19. The first-order valence-electron chi connectivity index (χ1n) is 12.7. The Kier molecular flexibility index (Phi) is 11.0. The fraction of sp³-hybridized carbons (Fsp3) is 0.212. The third-order valence-electron chi connectivity index (χ3n) is 6.12. The van der Waals surface area contributed by atoms with Crippen LogP contribution in [0.25, 0.3) is 0 Å². The fourth-order valence-electron chi connectivity index (χ4n) is 4.19. The molecule has 4 aromatic carbocycles. The van der Waals surface area contributed by atoms with Gasteiger partial charge < -0.3 is 19.7 Å². The predicted octanol–water partition coefficient (Wildman–Crippen LogP) is 6.18.